The van der Waals surface area contributed by atoms with Gasteiger partial charge in [0.2, 0.25) is 0 Å². The monoisotopic (exact) mass is 707 g/mol. The van der Waals surface area contributed by atoms with E-state index in [-0.39, 0.29) is 32.0 Å². The molecule has 0 aliphatic carbocycles. The molecule has 0 aromatic heterocycles. The van der Waals surface area contributed by atoms with Gasteiger partial charge in [0, 0.05) is 12.8 Å². The van der Waals surface area contributed by atoms with E-state index >= 15 is 0 Å². The van der Waals surface area contributed by atoms with Crippen LogP contribution in [-0.4, -0.2) is 74.9 Å². The summed E-state index contributed by atoms with van der Waals surface area (Å²) in [6.07, 6.45) is 29.1. The van der Waals surface area contributed by atoms with Crippen molar-refractivity contribution in [1.29, 1.82) is 0 Å². The van der Waals surface area contributed by atoms with Crippen molar-refractivity contribution < 1.29 is 42.1 Å². The zero-order chi connectivity index (χ0) is 35.8. The zero-order valence-electron chi connectivity index (χ0n) is 32.0. The predicted molar refractivity (Wildman–Crippen MR) is 197 cm³/mol. The van der Waals surface area contributed by atoms with Crippen molar-refractivity contribution in [3.8, 4) is 0 Å². The maximum Gasteiger partial charge on any atom is 0.472 e. The first-order chi connectivity index (χ1) is 23.0. The molecule has 2 unspecified atom stereocenters. The third kappa shape index (κ3) is 34.9. The highest BCUT2D eigenvalue weighted by molar-refractivity contribution is 7.47. The molecule has 2 atom stereocenters. The van der Waals surface area contributed by atoms with E-state index in [2.05, 4.69) is 13.8 Å². The van der Waals surface area contributed by atoms with Gasteiger partial charge in [0.1, 0.15) is 19.8 Å². The van der Waals surface area contributed by atoms with Gasteiger partial charge in [-0.1, -0.05) is 155 Å². The van der Waals surface area contributed by atoms with E-state index in [4.69, 9.17) is 18.5 Å². The topological polar surface area (TPSA) is 108 Å². The predicted octanol–water partition coefficient (Wildman–Crippen LogP) is 10.5. The molecule has 0 bridgehead atoms. The van der Waals surface area contributed by atoms with Gasteiger partial charge in [0.05, 0.1) is 27.7 Å². The number of phosphoric ester groups is 1. The molecular formula is C38H77NO8P+. The first-order valence-electron chi connectivity index (χ1n) is 19.8. The largest absolute Gasteiger partial charge is 0.472 e. The molecule has 0 rings (SSSR count). The highest BCUT2D eigenvalue weighted by Crippen LogP contribution is 2.43. The molecule has 0 heterocycles. The first kappa shape index (κ1) is 47.0. The van der Waals surface area contributed by atoms with Crippen LogP contribution >= 0.6 is 7.82 Å². The molecule has 0 amide bonds. The molecule has 1 N–H and O–H groups in total. The second-order valence-corrected chi connectivity index (χ2v) is 16.1. The SMILES string of the molecule is CCCCCCCCCCCCCCCCCCCCCC(=O)OC(COC(=O)CCCCCCC)COP(=O)(O)OCC[N+](C)(C)C. The maximum absolute atomic E-state index is 12.6. The van der Waals surface area contributed by atoms with Gasteiger partial charge in [-0.25, -0.2) is 4.57 Å². The van der Waals surface area contributed by atoms with E-state index in [1.165, 1.54) is 103 Å². The Kier molecular flexibility index (Phi) is 31.3. The fraction of sp³-hybridized carbons (Fsp3) is 0.947. The molecular weight excluding hydrogens is 629 g/mol. The Hall–Kier alpha value is -0.990. The van der Waals surface area contributed by atoms with Gasteiger partial charge in [-0.2, -0.15) is 0 Å². The number of nitrogens with zero attached hydrogens (tertiary/aromatic N) is 1. The second-order valence-electron chi connectivity index (χ2n) is 14.7. The minimum absolute atomic E-state index is 0.0359. The molecule has 0 aliphatic rings. The average Bonchev–Trinajstić information content (AvgIpc) is 3.02. The van der Waals surface area contributed by atoms with Crippen molar-refractivity contribution in [3.05, 3.63) is 0 Å². The van der Waals surface area contributed by atoms with Crippen molar-refractivity contribution >= 4 is 19.8 Å². The Bertz CT molecular complexity index is 804. The lowest BCUT2D eigenvalue weighted by Gasteiger charge is -2.24. The van der Waals surface area contributed by atoms with Crippen molar-refractivity contribution in [2.45, 2.75) is 187 Å². The second kappa shape index (κ2) is 32.0. The van der Waals surface area contributed by atoms with Crippen LogP contribution in [0.4, 0.5) is 0 Å². The number of unbranched alkanes of at least 4 members (excludes halogenated alkanes) is 22. The fourth-order valence-corrected chi connectivity index (χ4v) is 6.23. The minimum atomic E-state index is -4.35. The first-order valence-corrected chi connectivity index (χ1v) is 21.3. The summed E-state index contributed by atoms with van der Waals surface area (Å²) in [6, 6.07) is 0. The summed E-state index contributed by atoms with van der Waals surface area (Å²) in [5, 5.41) is 0. The molecule has 286 valence electrons. The van der Waals surface area contributed by atoms with Crippen LogP contribution in [0.1, 0.15) is 181 Å². The van der Waals surface area contributed by atoms with Crippen molar-refractivity contribution in [1.82, 2.24) is 0 Å². The number of hydrogen-bond acceptors (Lipinski definition) is 7. The number of hydrogen-bond donors (Lipinski definition) is 1. The number of carbonyl (C=O) groups is 2. The number of ether oxygens (including phenoxy) is 2. The zero-order valence-corrected chi connectivity index (χ0v) is 32.9. The van der Waals surface area contributed by atoms with E-state index in [1.807, 2.05) is 21.1 Å². The van der Waals surface area contributed by atoms with Gasteiger partial charge in [0.25, 0.3) is 0 Å². The Balaban J connectivity index is 4.17. The van der Waals surface area contributed by atoms with Crippen LogP contribution in [-0.2, 0) is 32.7 Å². The molecule has 0 fully saturated rings. The molecule has 0 saturated carbocycles. The van der Waals surface area contributed by atoms with Gasteiger partial charge in [0.15, 0.2) is 6.10 Å². The van der Waals surface area contributed by atoms with Gasteiger partial charge >= 0.3 is 19.8 Å². The molecule has 0 aliphatic heterocycles. The lowest BCUT2D eigenvalue weighted by molar-refractivity contribution is -0.870. The molecule has 10 heteroatoms. The van der Waals surface area contributed by atoms with Crippen LogP contribution in [0, 0.1) is 0 Å². The van der Waals surface area contributed by atoms with Crippen molar-refractivity contribution in [2.75, 3.05) is 47.5 Å². The molecule has 0 saturated heterocycles. The van der Waals surface area contributed by atoms with E-state index in [0.717, 1.165) is 51.4 Å². The van der Waals surface area contributed by atoms with E-state index in [9.17, 15) is 19.0 Å². The van der Waals surface area contributed by atoms with Crippen LogP contribution in [0.25, 0.3) is 0 Å². The van der Waals surface area contributed by atoms with Crippen LogP contribution in [0.15, 0.2) is 0 Å². The van der Waals surface area contributed by atoms with Gasteiger partial charge < -0.3 is 18.9 Å². The maximum atomic E-state index is 12.6. The number of quaternary nitrogens is 1. The third-order valence-electron chi connectivity index (χ3n) is 8.64. The quantitative estimate of drug-likeness (QED) is 0.0297. The molecule has 0 aromatic carbocycles. The van der Waals surface area contributed by atoms with Gasteiger partial charge in [-0.3, -0.25) is 18.6 Å². The Morgan fingerprint density at radius 3 is 1.33 bits per heavy atom. The number of carbonyl (C=O) groups excluding carboxylic acids is 2. The van der Waals surface area contributed by atoms with E-state index in [1.54, 1.807) is 0 Å². The summed E-state index contributed by atoms with van der Waals surface area (Å²) in [4.78, 5) is 34.9. The lowest BCUT2D eigenvalue weighted by atomic mass is 10.0. The van der Waals surface area contributed by atoms with Crippen LogP contribution in [0.5, 0.6) is 0 Å². The van der Waals surface area contributed by atoms with Crippen LogP contribution in [0.3, 0.4) is 0 Å². The number of rotatable bonds is 36. The summed E-state index contributed by atoms with van der Waals surface area (Å²) < 4.78 is 34.0. The summed E-state index contributed by atoms with van der Waals surface area (Å²) in [6.45, 7) is 4.34. The van der Waals surface area contributed by atoms with Gasteiger partial charge in [-0.05, 0) is 12.8 Å². The highest BCUT2D eigenvalue weighted by Gasteiger charge is 2.27. The summed E-state index contributed by atoms with van der Waals surface area (Å²) in [5.74, 6) is -0.803. The minimum Gasteiger partial charge on any atom is -0.462 e. The fourth-order valence-electron chi connectivity index (χ4n) is 5.48. The van der Waals surface area contributed by atoms with Crippen molar-refractivity contribution in [3.63, 3.8) is 0 Å². The molecule has 0 spiro atoms. The molecule has 9 nitrogen and oxygen atoms in total. The Morgan fingerprint density at radius 1 is 0.562 bits per heavy atom. The van der Waals surface area contributed by atoms with E-state index < -0.39 is 26.5 Å². The molecule has 48 heavy (non-hydrogen) atoms. The number of likely N-dealkylation sites (N-methyl/N-ethyl adjacent to an activating group) is 1. The Labute approximate surface area is 295 Å². The summed E-state index contributed by atoms with van der Waals surface area (Å²) in [5.41, 5.74) is 0. The summed E-state index contributed by atoms with van der Waals surface area (Å²) >= 11 is 0. The summed E-state index contributed by atoms with van der Waals surface area (Å²) in [7, 11) is 1.49. The van der Waals surface area contributed by atoms with Crippen LogP contribution < -0.4 is 0 Å². The smallest absolute Gasteiger partial charge is 0.462 e. The lowest BCUT2D eigenvalue weighted by Crippen LogP contribution is -2.37. The average molecular weight is 707 g/mol. The third-order valence-corrected chi connectivity index (χ3v) is 9.62. The van der Waals surface area contributed by atoms with E-state index in [0.29, 0.717) is 11.0 Å². The van der Waals surface area contributed by atoms with Crippen molar-refractivity contribution in [2.24, 2.45) is 0 Å². The van der Waals surface area contributed by atoms with Crippen LogP contribution in [0.2, 0.25) is 0 Å². The normalized spacial score (nSPS) is 13.7. The number of esters is 2. The van der Waals surface area contributed by atoms with Gasteiger partial charge in [-0.15, -0.1) is 0 Å². The molecule has 0 radical (unpaired) electrons. The highest BCUT2D eigenvalue weighted by atomic mass is 31.2. The number of phosphoric acid groups is 1. The standard InChI is InChI=1S/C38H76NO8P/c1-6-8-10-12-13-14-15-16-17-18-19-20-21-22-23-24-25-27-29-31-38(41)47-36(34-44-37(40)30-28-26-11-9-7-2)35-46-48(42,43)45-33-32-39(3,4)5/h36H,6-35H2,1-5H3/p+1. The molecule has 0 aromatic rings. The Morgan fingerprint density at radius 2 is 0.938 bits per heavy atom.